The molecular weight excluding hydrogens is 347 g/mol. The summed E-state index contributed by atoms with van der Waals surface area (Å²) in [6.07, 6.45) is 2.63. The van der Waals surface area contributed by atoms with Gasteiger partial charge in [0.2, 0.25) is 14.3 Å². The predicted octanol–water partition coefficient (Wildman–Crippen LogP) is 4.64. The van der Waals surface area contributed by atoms with Crippen LogP contribution in [0.1, 0.15) is 48.0 Å². The van der Waals surface area contributed by atoms with Crippen molar-refractivity contribution >= 4 is 19.9 Å². The summed E-state index contributed by atoms with van der Waals surface area (Å²) in [5, 5.41) is 8.44. The van der Waals surface area contributed by atoms with Crippen molar-refractivity contribution in [1.82, 2.24) is 14.6 Å². The molecule has 7 heteroatoms. The van der Waals surface area contributed by atoms with E-state index in [1.165, 1.54) is 12.3 Å². The minimum atomic E-state index is -1.90. The molecule has 3 rings (SSSR count). The minimum absolute atomic E-state index is 0.203. The van der Waals surface area contributed by atoms with Crippen molar-refractivity contribution in [3.05, 3.63) is 24.1 Å². The molecule has 0 bridgehead atoms. The van der Waals surface area contributed by atoms with Crippen LogP contribution in [0.15, 0.2) is 18.3 Å². The third kappa shape index (κ3) is 3.27. The molecule has 3 heterocycles. The summed E-state index contributed by atoms with van der Waals surface area (Å²) in [5.41, 5.74) is 2.37. The maximum Gasteiger partial charge on any atom is 0.231 e. The fourth-order valence-electron chi connectivity index (χ4n) is 4.77. The Morgan fingerprint density at radius 2 is 1.73 bits per heavy atom. The highest BCUT2D eigenvalue weighted by Crippen LogP contribution is 2.43. The van der Waals surface area contributed by atoms with Crippen molar-refractivity contribution in [3.63, 3.8) is 0 Å². The quantitative estimate of drug-likeness (QED) is 0.687. The highest BCUT2D eigenvalue weighted by molar-refractivity contribution is 6.77. The van der Waals surface area contributed by atoms with E-state index >= 15 is 0 Å². The van der Waals surface area contributed by atoms with Gasteiger partial charge in [-0.3, -0.25) is 4.40 Å². The number of hydrogen-bond donors (Lipinski definition) is 0. The number of anilines is 1. The van der Waals surface area contributed by atoms with Crippen LogP contribution in [0.4, 0.5) is 10.3 Å². The van der Waals surface area contributed by atoms with Crippen molar-refractivity contribution in [2.24, 2.45) is 0 Å². The molecule has 0 radical (unpaired) electrons. The zero-order valence-electron chi connectivity index (χ0n) is 16.7. The molecular formula is C19H31FN4OSi. The average Bonchev–Trinajstić information content (AvgIpc) is 3.17. The van der Waals surface area contributed by atoms with Crippen molar-refractivity contribution < 1.29 is 8.82 Å². The molecule has 26 heavy (non-hydrogen) atoms. The molecule has 0 aromatic carbocycles. The highest BCUT2D eigenvalue weighted by Gasteiger charge is 2.47. The SMILES string of the molecule is CC(C)[Si](O[C@@H]1CCN(c2nnc3ccc(F)cn23)C1)(C(C)C)C(C)C. The van der Waals surface area contributed by atoms with E-state index in [9.17, 15) is 4.39 Å². The second-order valence-corrected chi connectivity index (χ2v) is 13.8. The summed E-state index contributed by atoms with van der Waals surface area (Å²) >= 11 is 0. The summed E-state index contributed by atoms with van der Waals surface area (Å²) in [6, 6.07) is 3.07. The van der Waals surface area contributed by atoms with Gasteiger partial charge in [0.05, 0.1) is 6.10 Å². The van der Waals surface area contributed by atoms with E-state index in [1.807, 2.05) is 0 Å². The van der Waals surface area contributed by atoms with Crippen LogP contribution in [0.2, 0.25) is 16.6 Å². The normalized spacial score (nSPS) is 18.8. The van der Waals surface area contributed by atoms with Gasteiger partial charge in [0.1, 0.15) is 5.82 Å². The average molecular weight is 379 g/mol. The molecule has 1 saturated heterocycles. The van der Waals surface area contributed by atoms with Crippen molar-refractivity contribution in [1.29, 1.82) is 0 Å². The van der Waals surface area contributed by atoms with Crippen LogP contribution in [-0.2, 0) is 4.43 Å². The highest BCUT2D eigenvalue weighted by atomic mass is 28.4. The van der Waals surface area contributed by atoms with Crippen LogP contribution < -0.4 is 4.90 Å². The van der Waals surface area contributed by atoms with Gasteiger partial charge in [-0.05, 0) is 35.2 Å². The first-order chi connectivity index (χ1) is 12.3. The van der Waals surface area contributed by atoms with Gasteiger partial charge in [-0.15, -0.1) is 10.2 Å². The van der Waals surface area contributed by atoms with Gasteiger partial charge in [-0.2, -0.15) is 0 Å². The second-order valence-electron chi connectivity index (χ2n) is 8.37. The number of nitrogens with zero attached hydrogens (tertiary/aromatic N) is 4. The summed E-state index contributed by atoms with van der Waals surface area (Å²) in [4.78, 5) is 2.17. The van der Waals surface area contributed by atoms with Gasteiger partial charge in [-0.25, -0.2) is 4.39 Å². The first kappa shape index (κ1) is 19.3. The smallest absolute Gasteiger partial charge is 0.231 e. The van der Waals surface area contributed by atoms with Crippen LogP contribution in [-0.4, -0.2) is 42.1 Å². The molecule has 0 aliphatic carbocycles. The van der Waals surface area contributed by atoms with E-state index in [2.05, 4.69) is 56.6 Å². The second kappa shape index (κ2) is 7.27. The fraction of sp³-hybridized carbons (Fsp3) is 0.684. The molecule has 2 aromatic rings. The summed E-state index contributed by atoms with van der Waals surface area (Å²) in [7, 11) is -1.90. The predicted molar refractivity (Wildman–Crippen MR) is 106 cm³/mol. The number of rotatable bonds is 6. The maximum absolute atomic E-state index is 13.6. The molecule has 0 saturated carbocycles. The van der Waals surface area contributed by atoms with Crippen molar-refractivity contribution in [2.75, 3.05) is 18.0 Å². The van der Waals surface area contributed by atoms with Crippen molar-refractivity contribution in [3.8, 4) is 0 Å². The van der Waals surface area contributed by atoms with Gasteiger partial charge in [-0.1, -0.05) is 41.5 Å². The Labute approximate surface area is 156 Å². The fourth-order valence-corrected chi connectivity index (χ4v) is 10.4. The van der Waals surface area contributed by atoms with Crippen LogP contribution in [0, 0.1) is 5.82 Å². The Bertz CT molecular complexity index is 739. The first-order valence-electron chi connectivity index (χ1n) is 9.68. The lowest BCUT2D eigenvalue weighted by Crippen LogP contribution is -2.50. The zero-order valence-corrected chi connectivity index (χ0v) is 17.7. The standard InChI is InChI=1S/C19H31FN4OSi/c1-13(2)26(14(3)4,15(5)6)25-17-9-10-23(12-17)19-22-21-18-8-7-16(20)11-24(18)19/h7-8,11,13-15,17H,9-10,12H2,1-6H3/t17-/m1/s1. The minimum Gasteiger partial charge on any atom is -0.411 e. The zero-order chi connectivity index (χ0) is 19.1. The molecule has 0 amide bonds. The molecule has 144 valence electrons. The third-order valence-corrected chi connectivity index (χ3v) is 12.0. The molecule has 0 N–H and O–H groups in total. The lowest BCUT2D eigenvalue weighted by Gasteiger charge is -2.44. The summed E-state index contributed by atoms with van der Waals surface area (Å²) < 4.78 is 22.3. The molecule has 2 aromatic heterocycles. The Morgan fingerprint density at radius 1 is 1.08 bits per heavy atom. The van der Waals surface area contributed by atoms with E-state index in [1.54, 1.807) is 10.5 Å². The van der Waals surface area contributed by atoms with Crippen LogP contribution in [0.3, 0.4) is 0 Å². The lowest BCUT2D eigenvalue weighted by atomic mass is 10.3. The number of hydrogen-bond acceptors (Lipinski definition) is 4. The Balaban J connectivity index is 1.80. The molecule has 1 atom stereocenters. The number of fused-ring (bicyclic) bond motifs is 1. The van der Waals surface area contributed by atoms with Crippen LogP contribution in [0.5, 0.6) is 0 Å². The van der Waals surface area contributed by atoms with E-state index in [-0.39, 0.29) is 11.9 Å². The number of aromatic nitrogens is 3. The van der Waals surface area contributed by atoms with E-state index in [4.69, 9.17) is 4.43 Å². The van der Waals surface area contributed by atoms with Gasteiger partial charge in [0, 0.05) is 19.3 Å². The van der Waals surface area contributed by atoms with Gasteiger partial charge >= 0.3 is 0 Å². The molecule has 1 aliphatic heterocycles. The first-order valence-corrected chi connectivity index (χ1v) is 11.8. The number of pyridine rings is 1. The maximum atomic E-state index is 13.6. The molecule has 5 nitrogen and oxygen atoms in total. The summed E-state index contributed by atoms with van der Waals surface area (Å²) in [6.45, 7) is 15.5. The summed E-state index contributed by atoms with van der Waals surface area (Å²) in [5.74, 6) is 0.424. The molecule has 1 fully saturated rings. The van der Waals surface area contributed by atoms with Crippen LogP contribution >= 0.6 is 0 Å². The topological polar surface area (TPSA) is 42.7 Å². The van der Waals surface area contributed by atoms with Crippen molar-refractivity contribution in [2.45, 2.75) is 70.7 Å². The Kier molecular flexibility index (Phi) is 5.39. The lowest BCUT2D eigenvalue weighted by molar-refractivity contribution is 0.194. The number of halogens is 1. The van der Waals surface area contributed by atoms with Gasteiger partial charge in [0.15, 0.2) is 5.65 Å². The van der Waals surface area contributed by atoms with E-state index in [0.29, 0.717) is 28.2 Å². The molecule has 0 spiro atoms. The van der Waals surface area contributed by atoms with Crippen LogP contribution in [0.25, 0.3) is 5.65 Å². The van der Waals surface area contributed by atoms with Gasteiger partial charge in [0.25, 0.3) is 0 Å². The monoisotopic (exact) mass is 378 g/mol. The Hall–Kier alpha value is -1.47. The third-order valence-electron chi connectivity index (χ3n) is 5.85. The van der Waals surface area contributed by atoms with E-state index in [0.717, 1.165) is 19.5 Å². The van der Waals surface area contributed by atoms with Gasteiger partial charge < -0.3 is 9.33 Å². The largest absolute Gasteiger partial charge is 0.411 e. The molecule has 0 unspecified atom stereocenters. The Morgan fingerprint density at radius 3 is 2.35 bits per heavy atom. The van der Waals surface area contributed by atoms with E-state index < -0.39 is 8.32 Å². The molecule has 1 aliphatic rings.